The van der Waals surface area contributed by atoms with E-state index in [4.69, 9.17) is 14.9 Å². The maximum atomic E-state index is 5.23. The normalized spacial score (nSPS) is 10.1. The molecule has 1 aromatic rings. The van der Waals surface area contributed by atoms with Gasteiger partial charge in [-0.25, -0.2) is 0 Å². The van der Waals surface area contributed by atoms with Crippen molar-refractivity contribution in [2.45, 2.75) is 0 Å². The van der Waals surface area contributed by atoms with Crippen LogP contribution in [0.1, 0.15) is 0 Å². The van der Waals surface area contributed by atoms with E-state index in [1.54, 1.807) is 6.07 Å². The van der Waals surface area contributed by atoms with Crippen molar-refractivity contribution in [1.82, 2.24) is 0 Å². The molecule has 0 aliphatic rings. The zero-order chi connectivity index (χ0) is 8.27. The highest BCUT2D eigenvalue weighted by molar-refractivity contribution is 9.13. The molecule has 0 radical (unpaired) electrons. The van der Waals surface area contributed by atoms with Crippen molar-refractivity contribution in [2.75, 3.05) is 13.2 Å². The van der Waals surface area contributed by atoms with Gasteiger partial charge in [0.25, 0.3) is 5.95 Å². The summed E-state index contributed by atoms with van der Waals surface area (Å²) in [4.78, 5) is 0. The van der Waals surface area contributed by atoms with E-state index in [0.717, 1.165) is 4.47 Å². The number of furan rings is 1. The summed E-state index contributed by atoms with van der Waals surface area (Å²) in [6.07, 6.45) is 0. The van der Waals surface area contributed by atoms with Crippen molar-refractivity contribution in [1.29, 1.82) is 0 Å². The van der Waals surface area contributed by atoms with Gasteiger partial charge in [-0.15, -0.1) is 0 Å². The minimum absolute atomic E-state index is 0.465. The minimum atomic E-state index is 0.465. The standard InChI is InChI=1S/C6H7Br2NO2/c7-4-3-5(10-2-1-9)11-6(4)8/h3H,1-2,9H2. The van der Waals surface area contributed by atoms with Crippen LogP contribution in [0.3, 0.4) is 0 Å². The summed E-state index contributed by atoms with van der Waals surface area (Å²) >= 11 is 6.44. The molecule has 0 spiro atoms. The van der Waals surface area contributed by atoms with E-state index >= 15 is 0 Å². The summed E-state index contributed by atoms with van der Waals surface area (Å²) in [6, 6.07) is 1.74. The first-order chi connectivity index (χ1) is 5.24. The SMILES string of the molecule is NCCOc1cc(Br)c(Br)o1. The third kappa shape index (κ3) is 2.50. The third-order valence-electron chi connectivity index (χ3n) is 0.985. The molecule has 0 saturated heterocycles. The van der Waals surface area contributed by atoms with Crippen LogP contribution in [0.4, 0.5) is 0 Å². The van der Waals surface area contributed by atoms with E-state index in [0.29, 0.717) is 23.8 Å². The number of hydrogen-bond donors (Lipinski definition) is 1. The van der Waals surface area contributed by atoms with Gasteiger partial charge >= 0.3 is 0 Å². The maximum Gasteiger partial charge on any atom is 0.286 e. The van der Waals surface area contributed by atoms with Crippen LogP contribution in [0.15, 0.2) is 19.6 Å². The molecule has 3 nitrogen and oxygen atoms in total. The van der Waals surface area contributed by atoms with Gasteiger partial charge in [-0.05, 0) is 31.9 Å². The van der Waals surface area contributed by atoms with Crippen LogP contribution in [0.5, 0.6) is 5.95 Å². The number of ether oxygens (including phenoxy) is 1. The molecule has 1 rings (SSSR count). The predicted molar refractivity (Wildman–Crippen MR) is 48.7 cm³/mol. The van der Waals surface area contributed by atoms with Crippen LogP contribution in [-0.2, 0) is 0 Å². The first-order valence-electron chi connectivity index (χ1n) is 3.01. The lowest BCUT2D eigenvalue weighted by atomic mass is 10.6. The van der Waals surface area contributed by atoms with Gasteiger partial charge in [0.05, 0.1) is 4.47 Å². The first-order valence-corrected chi connectivity index (χ1v) is 4.60. The van der Waals surface area contributed by atoms with Gasteiger partial charge in [-0.2, -0.15) is 0 Å². The molecule has 5 heteroatoms. The Labute approximate surface area is 81.1 Å². The van der Waals surface area contributed by atoms with Gasteiger partial charge in [0.15, 0.2) is 4.67 Å². The molecule has 1 heterocycles. The lowest BCUT2D eigenvalue weighted by Gasteiger charge is -1.96. The molecule has 0 bridgehead atoms. The highest BCUT2D eigenvalue weighted by Gasteiger charge is 2.05. The lowest BCUT2D eigenvalue weighted by Crippen LogP contribution is -2.10. The van der Waals surface area contributed by atoms with Crippen LogP contribution in [0.25, 0.3) is 0 Å². The second kappa shape index (κ2) is 4.13. The molecular formula is C6H7Br2NO2. The zero-order valence-electron chi connectivity index (χ0n) is 5.64. The number of halogens is 2. The molecule has 0 unspecified atom stereocenters. The second-order valence-electron chi connectivity index (χ2n) is 1.82. The Kier molecular flexibility index (Phi) is 3.42. The minimum Gasteiger partial charge on any atom is -0.464 e. The van der Waals surface area contributed by atoms with E-state index in [-0.39, 0.29) is 0 Å². The third-order valence-corrected chi connectivity index (χ3v) is 2.69. The van der Waals surface area contributed by atoms with Crippen molar-refractivity contribution in [3.63, 3.8) is 0 Å². The van der Waals surface area contributed by atoms with E-state index in [9.17, 15) is 0 Å². The van der Waals surface area contributed by atoms with E-state index in [2.05, 4.69) is 31.9 Å². The average Bonchev–Trinajstić information content (AvgIpc) is 2.28. The first kappa shape index (κ1) is 9.09. The summed E-state index contributed by atoms with van der Waals surface area (Å²) < 4.78 is 11.7. The number of hydrogen-bond acceptors (Lipinski definition) is 3. The van der Waals surface area contributed by atoms with E-state index < -0.39 is 0 Å². The van der Waals surface area contributed by atoms with Crippen molar-refractivity contribution in [2.24, 2.45) is 5.73 Å². The predicted octanol–water partition coefficient (Wildman–Crippen LogP) is 2.14. The summed E-state index contributed by atoms with van der Waals surface area (Å²) in [6.45, 7) is 0.947. The van der Waals surface area contributed by atoms with Gasteiger partial charge in [0.2, 0.25) is 0 Å². The van der Waals surface area contributed by atoms with Gasteiger partial charge in [0.1, 0.15) is 6.61 Å². The molecule has 0 aliphatic carbocycles. The Morgan fingerprint density at radius 2 is 2.27 bits per heavy atom. The largest absolute Gasteiger partial charge is 0.464 e. The molecule has 1 aromatic heterocycles. The molecule has 0 atom stereocenters. The van der Waals surface area contributed by atoms with Crippen molar-refractivity contribution in [3.8, 4) is 5.95 Å². The molecule has 0 saturated carbocycles. The monoisotopic (exact) mass is 283 g/mol. The van der Waals surface area contributed by atoms with Crippen LogP contribution in [0, 0.1) is 0 Å². The molecule has 0 amide bonds. The summed E-state index contributed by atoms with van der Waals surface area (Å²) in [7, 11) is 0. The molecule has 0 aliphatic heterocycles. The maximum absolute atomic E-state index is 5.23. The van der Waals surface area contributed by atoms with Crippen molar-refractivity contribution < 1.29 is 9.15 Å². The fourth-order valence-corrected chi connectivity index (χ4v) is 1.10. The van der Waals surface area contributed by atoms with Crippen molar-refractivity contribution >= 4 is 31.9 Å². The Morgan fingerprint density at radius 1 is 1.55 bits per heavy atom. The molecule has 11 heavy (non-hydrogen) atoms. The smallest absolute Gasteiger partial charge is 0.286 e. The summed E-state index contributed by atoms with van der Waals surface area (Å²) in [5.41, 5.74) is 5.23. The van der Waals surface area contributed by atoms with E-state index in [1.165, 1.54) is 0 Å². The van der Waals surface area contributed by atoms with Crippen molar-refractivity contribution in [3.05, 3.63) is 15.2 Å². The quantitative estimate of drug-likeness (QED) is 0.925. The fraction of sp³-hybridized carbons (Fsp3) is 0.333. The summed E-state index contributed by atoms with van der Waals surface area (Å²) in [5.74, 6) is 0.467. The average molecular weight is 285 g/mol. The molecule has 0 aromatic carbocycles. The molecule has 2 N–H and O–H groups in total. The summed E-state index contributed by atoms with van der Waals surface area (Å²) in [5, 5.41) is 0. The van der Waals surface area contributed by atoms with Crippen LogP contribution in [0.2, 0.25) is 0 Å². The second-order valence-corrected chi connectivity index (χ2v) is 3.40. The van der Waals surface area contributed by atoms with Gasteiger partial charge in [-0.3, -0.25) is 0 Å². The Hall–Kier alpha value is -0.0000000000000000555. The molecule has 0 fully saturated rings. The molecule has 62 valence electrons. The Balaban J connectivity index is 2.58. The fourth-order valence-electron chi connectivity index (χ4n) is 0.557. The molecular weight excluding hydrogens is 278 g/mol. The highest BCUT2D eigenvalue weighted by Crippen LogP contribution is 2.30. The number of nitrogens with two attached hydrogens (primary N) is 1. The van der Waals surface area contributed by atoms with Gasteiger partial charge in [0, 0.05) is 12.6 Å². The van der Waals surface area contributed by atoms with Crippen LogP contribution in [-0.4, -0.2) is 13.2 Å². The van der Waals surface area contributed by atoms with Crippen LogP contribution >= 0.6 is 31.9 Å². The van der Waals surface area contributed by atoms with Crippen LogP contribution < -0.4 is 10.5 Å². The van der Waals surface area contributed by atoms with Gasteiger partial charge in [-0.1, -0.05) is 0 Å². The Bertz CT molecular complexity index is 217. The van der Waals surface area contributed by atoms with E-state index in [1.807, 2.05) is 0 Å². The van der Waals surface area contributed by atoms with Gasteiger partial charge < -0.3 is 14.9 Å². The highest BCUT2D eigenvalue weighted by atomic mass is 79.9. The topological polar surface area (TPSA) is 48.4 Å². The zero-order valence-corrected chi connectivity index (χ0v) is 8.81. The number of rotatable bonds is 3. The lowest BCUT2D eigenvalue weighted by molar-refractivity contribution is 0.246. The Morgan fingerprint density at radius 3 is 2.73 bits per heavy atom.